The average molecular weight is 415 g/mol. The Bertz CT molecular complexity index is 1100. The zero-order chi connectivity index (χ0) is 22.0. The fourth-order valence-electron chi connectivity index (χ4n) is 3.99. The van der Waals surface area contributed by atoms with Crippen molar-refractivity contribution in [1.82, 2.24) is 15.5 Å². The van der Waals surface area contributed by atoms with E-state index in [2.05, 4.69) is 16.6 Å². The molecule has 2 aliphatic heterocycles. The number of amides is 4. The number of rotatable bonds is 5. The molecule has 0 aliphatic carbocycles. The normalized spacial score (nSPS) is 18.7. The zero-order valence-electron chi connectivity index (χ0n) is 16.8. The van der Waals surface area contributed by atoms with Gasteiger partial charge in [-0.1, -0.05) is 36.4 Å². The lowest BCUT2D eigenvalue weighted by Crippen LogP contribution is -2.52. The van der Waals surface area contributed by atoms with Crippen LogP contribution < -0.4 is 10.6 Å². The van der Waals surface area contributed by atoms with Gasteiger partial charge in [-0.3, -0.25) is 24.5 Å². The Balaban J connectivity index is 1.52. The van der Waals surface area contributed by atoms with E-state index in [0.717, 1.165) is 11.1 Å². The first kappa shape index (κ1) is 20.4. The minimum atomic E-state index is -0.687. The van der Waals surface area contributed by atoms with Crippen molar-refractivity contribution in [1.29, 1.82) is 0 Å². The SMILES string of the molecule is C#CCC(NC(=O)c1ccc2c(c1)C(=O)N(C1CCC(=O)NC1=O)C2)c1ccccc1. The molecule has 156 valence electrons. The number of carbonyl (C=O) groups is 4. The van der Waals surface area contributed by atoms with Crippen molar-refractivity contribution in [3.8, 4) is 12.3 Å². The molecule has 31 heavy (non-hydrogen) atoms. The van der Waals surface area contributed by atoms with Crippen molar-refractivity contribution >= 4 is 23.6 Å². The summed E-state index contributed by atoms with van der Waals surface area (Å²) in [4.78, 5) is 50.9. The third-order valence-corrected chi connectivity index (χ3v) is 5.62. The van der Waals surface area contributed by atoms with Crippen LogP contribution in [-0.2, 0) is 16.1 Å². The minimum Gasteiger partial charge on any atom is -0.344 e. The maximum atomic E-state index is 12.9. The molecular formula is C24H21N3O4. The van der Waals surface area contributed by atoms with E-state index in [4.69, 9.17) is 6.42 Å². The van der Waals surface area contributed by atoms with Gasteiger partial charge >= 0.3 is 0 Å². The van der Waals surface area contributed by atoms with Gasteiger partial charge < -0.3 is 10.2 Å². The highest BCUT2D eigenvalue weighted by atomic mass is 16.2. The third-order valence-electron chi connectivity index (χ3n) is 5.62. The van der Waals surface area contributed by atoms with Crippen LogP contribution in [-0.4, -0.2) is 34.6 Å². The molecule has 0 bridgehead atoms. The standard InChI is InChI=1S/C24H21N3O4/c1-2-6-19(15-7-4-3-5-8-15)25-22(29)16-9-10-17-14-27(24(31)18(17)13-16)20-11-12-21(28)26-23(20)30/h1,3-5,7-10,13,19-20H,6,11-12,14H2,(H,25,29)(H,26,28,30). The number of fused-ring (bicyclic) bond motifs is 1. The maximum Gasteiger partial charge on any atom is 0.255 e. The molecule has 7 heteroatoms. The lowest BCUT2D eigenvalue weighted by molar-refractivity contribution is -0.136. The van der Waals surface area contributed by atoms with Gasteiger partial charge in [0.2, 0.25) is 11.8 Å². The Morgan fingerprint density at radius 1 is 1.19 bits per heavy atom. The number of carbonyl (C=O) groups excluding carboxylic acids is 4. The summed E-state index contributed by atoms with van der Waals surface area (Å²) < 4.78 is 0. The van der Waals surface area contributed by atoms with Crippen molar-refractivity contribution in [2.45, 2.75) is 37.9 Å². The first-order valence-corrected chi connectivity index (χ1v) is 10.0. The predicted molar refractivity (Wildman–Crippen MR) is 113 cm³/mol. The predicted octanol–water partition coefficient (Wildman–Crippen LogP) is 1.94. The van der Waals surface area contributed by atoms with E-state index in [1.54, 1.807) is 18.2 Å². The Morgan fingerprint density at radius 2 is 1.97 bits per heavy atom. The number of nitrogens with one attached hydrogen (secondary N) is 2. The van der Waals surface area contributed by atoms with Gasteiger partial charge in [0.1, 0.15) is 6.04 Å². The van der Waals surface area contributed by atoms with Gasteiger partial charge in [0.15, 0.2) is 0 Å². The summed E-state index contributed by atoms with van der Waals surface area (Å²) >= 11 is 0. The van der Waals surface area contributed by atoms with Gasteiger partial charge in [-0.25, -0.2) is 0 Å². The first-order valence-electron chi connectivity index (χ1n) is 10.0. The van der Waals surface area contributed by atoms with Crippen LogP contribution in [0.1, 0.15) is 57.1 Å². The molecule has 2 unspecified atom stereocenters. The molecule has 2 aromatic carbocycles. The van der Waals surface area contributed by atoms with E-state index >= 15 is 0 Å². The van der Waals surface area contributed by atoms with Crippen molar-refractivity contribution < 1.29 is 19.2 Å². The van der Waals surface area contributed by atoms with Crippen molar-refractivity contribution in [3.05, 3.63) is 70.8 Å². The van der Waals surface area contributed by atoms with Crippen LogP contribution in [0.5, 0.6) is 0 Å². The van der Waals surface area contributed by atoms with Crippen LogP contribution >= 0.6 is 0 Å². The summed E-state index contributed by atoms with van der Waals surface area (Å²) in [5, 5.41) is 5.22. The van der Waals surface area contributed by atoms with Crippen molar-refractivity contribution in [3.63, 3.8) is 0 Å². The van der Waals surface area contributed by atoms with Gasteiger partial charge in [-0.2, -0.15) is 0 Å². The van der Waals surface area contributed by atoms with Crippen LogP contribution in [0.15, 0.2) is 48.5 Å². The molecule has 1 fully saturated rings. The van der Waals surface area contributed by atoms with Crippen LogP contribution in [0, 0.1) is 12.3 Å². The monoisotopic (exact) mass is 415 g/mol. The van der Waals surface area contributed by atoms with E-state index < -0.39 is 11.9 Å². The van der Waals surface area contributed by atoms with Gasteiger partial charge in [-0.15, -0.1) is 12.3 Å². The van der Waals surface area contributed by atoms with Gasteiger partial charge in [-0.05, 0) is 29.7 Å². The number of hydrogen-bond acceptors (Lipinski definition) is 4. The molecule has 0 aromatic heterocycles. The lowest BCUT2D eigenvalue weighted by atomic mass is 10.0. The molecule has 7 nitrogen and oxygen atoms in total. The summed E-state index contributed by atoms with van der Waals surface area (Å²) in [7, 11) is 0. The molecule has 0 spiro atoms. The second-order valence-electron chi connectivity index (χ2n) is 7.62. The largest absolute Gasteiger partial charge is 0.344 e. The molecular weight excluding hydrogens is 394 g/mol. The number of hydrogen-bond donors (Lipinski definition) is 2. The quantitative estimate of drug-likeness (QED) is 0.576. The van der Waals surface area contributed by atoms with Gasteiger partial charge in [0.05, 0.1) is 6.04 Å². The van der Waals surface area contributed by atoms with Crippen LogP contribution in [0.25, 0.3) is 0 Å². The summed E-state index contributed by atoms with van der Waals surface area (Å²) in [6.45, 7) is 0.270. The molecule has 2 N–H and O–H groups in total. The highest BCUT2D eigenvalue weighted by Gasteiger charge is 2.39. The molecule has 4 amide bonds. The summed E-state index contributed by atoms with van der Waals surface area (Å²) in [5.41, 5.74) is 2.38. The lowest BCUT2D eigenvalue weighted by Gasteiger charge is -2.29. The van der Waals surface area contributed by atoms with E-state index in [-0.39, 0.29) is 36.7 Å². The number of imide groups is 1. The summed E-state index contributed by atoms with van der Waals surface area (Å²) in [6, 6.07) is 13.3. The van der Waals surface area contributed by atoms with Gasteiger partial charge in [0, 0.05) is 30.5 Å². The van der Waals surface area contributed by atoms with Crippen LogP contribution in [0.3, 0.4) is 0 Å². The third kappa shape index (κ3) is 4.05. The first-order chi connectivity index (χ1) is 15.0. The summed E-state index contributed by atoms with van der Waals surface area (Å²) in [6.07, 6.45) is 6.30. The van der Waals surface area contributed by atoms with Crippen LogP contribution in [0.4, 0.5) is 0 Å². The van der Waals surface area contributed by atoms with E-state index in [9.17, 15) is 19.2 Å². The fraction of sp³-hybridized carbons (Fsp3) is 0.250. The molecule has 0 saturated carbocycles. The zero-order valence-corrected chi connectivity index (χ0v) is 16.8. The number of piperidine rings is 1. The Labute approximate surface area is 179 Å². The molecule has 4 rings (SSSR count). The van der Waals surface area contributed by atoms with E-state index in [1.807, 2.05) is 30.3 Å². The Morgan fingerprint density at radius 3 is 2.68 bits per heavy atom. The van der Waals surface area contributed by atoms with E-state index in [0.29, 0.717) is 24.0 Å². The maximum absolute atomic E-state index is 12.9. The molecule has 0 radical (unpaired) electrons. The Hall–Kier alpha value is -3.92. The topological polar surface area (TPSA) is 95.6 Å². The highest BCUT2D eigenvalue weighted by Crippen LogP contribution is 2.28. The van der Waals surface area contributed by atoms with Gasteiger partial charge in [0.25, 0.3) is 11.8 Å². The van der Waals surface area contributed by atoms with Crippen LogP contribution in [0.2, 0.25) is 0 Å². The second-order valence-corrected chi connectivity index (χ2v) is 7.62. The number of terminal acetylenes is 1. The fourth-order valence-corrected chi connectivity index (χ4v) is 3.99. The molecule has 2 aliphatic rings. The van der Waals surface area contributed by atoms with Crippen molar-refractivity contribution in [2.24, 2.45) is 0 Å². The number of nitrogens with zero attached hydrogens (tertiary/aromatic N) is 1. The van der Waals surface area contributed by atoms with E-state index in [1.165, 1.54) is 4.90 Å². The second kappa shape index (κ2) is 8.44. The highest BCUT2D eigenvalue weighted by molar-refractivity contribution is 6.06. The summed E-state index contributed by atoms with van der Waals surface area (Å²) in [5.74, 6) is 1.14. The molecule has 1 saturated heterocycles. The molecule has 2 aromatic rings. The minimum absolute atomic E-state index is 0.195. The Kier molecular flexibility index (Phi) is 5.54. The molecule has 2 atom stereocenters. The van der Waals surface area contributed by atoms with Crippen molar-refractivity contribution in [2.75, 3.05) is 0 Å². The molecule has 2 heterocycles. The average Bonchev–Trinajstić information content (AvgIpc) is 3.09. The number of benzene rings is 2. The smallest absolute Gasteiger partial charge is 0.255 e.